The Balaban J connectivity index is 2.43. The van der Waals surface area contributed by atoms with Crippen LogP contribution in [0.3, 0.4) is 0 Å². The number of benzene rings is 1. The summed E-state index contributed by atoms with van der Waals surface area (Å²) in [4.78, 5) is 18.6. The number of para-hydroxylation sites is 1. The number of nitrogens with zero attached hydrogens (tertiary/aromatic N) is 2. The highest BCUT2D eigenvalue weighted by molar-refractivity contribution is 7.98. The van der Waals surface area contributed by atoms with Crippen LogP contribution >= 0.6 is 11.8 Å². The van der Waals surface area contributed by atoms with Crippen LogP contribution in [0.4, 0.5) is 5.82 Å². The van der Waals surface area contributed by atoms with Crippen molar-refractivity contribution in [3.63, 3.8) is 0 Å². The highest BCUT2D eigenvalue weighted by Crippen LogP contribution is 2.21. The topological polar surface area (TPSA) is 71.2 Å². The highest BCUT2D eigenvalue weighted by Gasteiger charge is 2.16. The van der Waals surface area contributed by atoms with Gasteiger partial charge in [0.25, 0.3) is 5.91 Å². The van der Waals surface area contributed by atoms with Crippen LogP contribution in [-0.4, -0.2) is 41.4 Å². The molecule has 1 heterocycles. The third-order valence-corrected chi connectivity index (χ3v) is 3.66. The van der Waals surface area contributed by atoms with Gasteiger partial charge in [-0.05, 0) is 18.4 Å². The lowest BCUT2D eigenvalue weighted by molar-refractivity contribution is 0.0805. The fourth-order valence-corrected chi connectivity index (χ4v) is 2.42. The number of hydrazine groups is 1. The zero-order valence-electron chi connectivity index (χ0n) is 11.6. The Morgan fingerprint density at radius 1 is 1.45 bits per heavy atom. The van der Waals surface area contributed by atoms with E-state index in [9.17, 15) is 4.79 Å². The number of pyridine rings is 1. The van der Waals surface area contributed by atoms with Crippen LogP contribution < -0.4 is 11.3 Å². The molecule has 2 rings (SSSR count). The lowest BCUT2D eigenvalue weighted by atomic mass is 10.1. The molecule has 0 saturated heterocycles. The second-order valence-corrected chi connectivity index (χ2v) is 5.42. The number of carbonyl (C=O) groups is 1. The van der Waals surface area contributed by atoms with Gasteiger partial charge in [0.05, 0.1) is 11.1 Å². The van der Waals surface area contributed by atoms with E-state index in [1.807, 2.05) is 37.6 Å². The second-order valence-electron chi connectivity index (χ2n) is 4.44. The van der Waals surface area contributed by atoms with Crippen molar-refractivity contribution in [3.8, 4) is 0 Å². The van der Waals surface area contributed by atoms with E-state index in [1.165, 1.54) is 0 Å². The summed E-state index contributed by atoms with van der Waals surface area (Å²) < 4.78 is 0. The highest BCUT2D eigenvalue weighted by atomic mass is 32.2. The van der Waals surface area contributed by atoms with Crippen LogP contribution in [0.25, 0.3) is 10.9 Å². The maximum Gasteiger partial charge on any atom is 0.254 e. The maximum atomic E-state index is 12.6. The van der Waals surface area contributed by atoms with Gasteiger partial charge in [-0.3, -0.25) is 4.79 Å². The molecule has 0 radical (unpaired) electrons. The summed E-state index contributed by atoms with van der Waals surface area (Å²) in [6.07, 6.45) is 2.02. The van der Waals surface area contributed by atoms with E-state index in [0.717, 1.165) is 16.7 Å². The number of nitrogen functional groups attached to an aromatic ring is 1. The summed E-state index contributed by atoms with van der Waals surface area (Å²) >= 11 is 1.72. The van der Waals surface area contributed by atoms with Crippen LogP contribution in [-0.2, 0) is 0 Å². The van der Waals surface area contributed by atoms with Gasteiger partial charge in [-0.25, -0.2) is 10.8 Å². The first-order chi connectivity index (χ1) is 9.67. The number of hydrogen-bond acceptors (Lipinski definition) is 5. The number of rotatable bonds is 5. The first kappa shape index (κ1) is 14.6. The number of amides is 1. The average molecular weight is 290 g/mol. The van der Waals surface area contributed by atoms with Crippen molar-refractivity contribution in [1.82, 2.24) is 9.88 Å². The Morgan fingerprint density at radius 3 is 2.90 bits per heavy atom. The molecule has 3 N–H and O–H groups in total. The lowest BCUT2D eigenvalue weighted by Gasteiger charge is -2.18. The summed E-state index contributed by atoms with van der Waals surface area (Å²) in [5.74, 6) is 6.81. The molecule has 1 aromatic carbocycles. The minimum atomic E-state index is -0.0193. The van der Waals surface area contributed by atoms with E-state index >= 15 is 0 Å². The molecule has 1 aromatic heterocycles. The fourth-order valence-electron chi connectivity index (χ4n) is 1.96. The first-order valence-electron chi connectivity index (χ1n) is 6.28. The van der Waals surface area contributed by atoms with Gasteiger partial charge < -0.3 is 10.3 Å². The normalized spacial score (nSPS) is 10.6. The molecule has 2 aromatic rings. The second kappa shape index (κ2) is 6.58. The van der Waals surface area contributed by atoms with Gasteiger partial charge in [-0.2, -0.15) is 11.8 Å². The van der Waals surface area contributed by atoms with E-state index in [-0.39, 0.29) is 5.91 Å². The van der Waals surface area contributed by atoms with E-state index in [1.54, 1.807) is 22.7 Å². The third kappa shape index (κ3) is 3.02. The zero-order valence-corrected chi connectivity index (χ0v) is 12.4. The molecule has 0 fully saturated rings. The molecule has 20 heavy (non-hydrogen) atoms. The molecule has 0 aliphatic heterocycles. The molecular weight excluding hydrogens is 272 g/mol. The van der Waals surface area contributed by atoms with Gasteiger partial charge >= 0.3 is 0 Å². The Hall–Kier alpha value is -1.79. The van der Waals surface area contributed by atoms with Crippen LogP contribution in [0.2, 0.25) is 0 Å². The number of fused-ring (bicyclic) bond motifs is 1. The van der Waals surface area contributed by atoms with Gasteiger partial charge in [0.2, 0.25) is 0 Å². The van der Waals surface area contributed by atoms with Crippen molar-refractivity contribution in [2.45, 2.75) is 0 Å². The molecule has 0 aliphatic carbocycles. The standard InChI is InChI=1S/C14H18N4OS/c1-18(7-8-20-2)14(19)11-9-13(17-15)16-12-6-4-3-5-10(11)12/h3-6,9H,7-8,15H2,1-2H3,(H,16,17). The third-order valence-electron chi connectivity index (χ3n) is 3.07. The Morgan fingerprint density at radius 2 is 2.20 bits per heavy atom. The van der Waals surface area contributed by atoms with Crippen LogP contribution in [0.15, 0.2) is 30.3 Å². The van der Waals surface area contributed by atoms with Gasteiger partial charge in [0.1, 0.15) is 5.82 Å². The predicted molar refractivity (Wildman–Crippen MR) is 84.9 cm³/mol. The minimum absolute atomic E-state index is 0.0193. The number of aromatic nitrogens is 1. The molecule has 6 heteroatoms. The summed E-state index contributed by atoms with van der Waals surface area (Å²) in [5.41, 5.74) is 3.88. The molecule has 1 amide bonds. The number of thioether (sulfide) groups is 1. The number of anilines is 1. The van der Waals surface area contributed by atoms with Gasteiger partial charge in [-0.1, -0.05) is 18.2 Å². The Kier molecular flexibility index (Phi) is 4.81. The minimum Gasteiger partial charge on any atom is -0.341 e. The number of hydrogen-bond donors (Lipinski definition) is 2. The maximum absolute atomic E-state index is 12.6. The van der Waals surface area contributed by atoms with Gasteiger partial charge in [0.15, 0.2) is 0 Å². The van der Waals surface area contributed by atoms with E-state index in [2.05, 4.69) is 10.4 Å². The molecule has 0 saturated carbocycles. The largest absolute Gasteiger partial charge is 0.341 e. The van der Waals surface area contributed by atoms with Crippen molar-refractivity contribution in [2.75, 3.05) is 31.0 Å². The van der Waals surface area contributed by atoms with Crippen molar-refractivity contribution in [3.05, 3.63) is 35.9 Å². The van der Waals surface area contributed by atoms with Gasteiger partial charge in [0, 0.05) is 24.7 Å². The van der Waals surface area contributed by atoms with Crippen molar-refractivity contribution in [1.29, 1.82) is 0 Å². The Labute approximate surface area is 122 Å². The zero-order chi connectivity index (χ0) is 14.5. The van der Waals surface area contributed by atoms with E-state index in [0.29, 0.717) is 17.9 Å². The van der Waals surface area contributed by atoms with Crippen LogP contribution in [0.1, 0.15) is 10.4 Å². The van der Waals surface area contributed by atoms with Crippen molar-refractivity contribution in [2.24, 2.45) is 5.84 Å². The fraction of sp³-hybridized carbons (Fsp3) is 0.286. The molecule has 0 aliphatic rings. The van der Waals surface area contributed by atoms with E-state index < -0.39 is 0 Å². The predicted octanol–water partition coefficient (Wildman–Crippen LogP) is 1.96. The number of carbonyl (C=O) groups excluding carboxylic acids is 1. The SMILES string of the molecule is CSCCN(C)C(=O)c1cc(NN)nc2ccccc12. The summed E-state index contributed by atoms with van der Waals surface area (Å²) in [6.45, 7) is 0.710. The summed E-state index contributed by atoms with van der Waals surface area (Å²) in [7, 11) is 1.81. The van der Waals surface area contributed by atoms with Crippen molar-refractivity contribution < 1.29 is 4.79 Å². The molecule has 0 unspecified atom stereocenters. The quantitative estimate of drug-likeness (QED) is 0.650. The molecule has 0 bridgehead atoms. The number of nitrogens with one attached hydrogen (secondary N) is 1. The molecule has 0 spiro atoms. The monoisotopic (exact) mass is 290 g/mol. The molecule has 106 valence electrons. The lowest BCUT2D eigenvalue weighted by Crippen LogP contribution is -2.29. The van der Waals surface area contributed by atoms with E-state index in [4.69, 9.17) is 5.84 Å². The van der Waals surface area contributed by atoms with Gasteiger partial charge in [-0.15, -0.1) is 0 Å². The first-order valence-corrected chi connectivity index (χ1v) is 7.67. The van der Waals surface area contributed by atoms with Crippen LogP contribution in [0, 0.1) is 0 Å². The molecule has 5 nitrogen and oxygen atoms in total. The van der Waals surface area contributed by atoms with Crippen molar-refractivity contribution >= 4 is 34.4 Å². The molecular formula is C14H18N4OS. The summed E-state index contributed by atoms with van der Waals surface area (Å²) in [5, 5.41) is 0.840. The molecule has 0 atom stereocenters. The van der Waals surface area contributed by atoms with Crippen LogP contribution in [0.5, 0.6) is 0 Å². The number of nitrogens with two attached hydrogens (primary N) is 1. The average Bonchev–Trinajstić information content (AvgIpc) is 2.50. The summed E-state index contributed by atoms with van der Waals surface area (Å²) in [6, 6.07) is 9.26. The Bertz CT molecular complexity index is 617. The smallest absolute Gasteiger partial charge is 0.254 e.